The predicted molar refractivity (Wildman–Crippen MR) is 51.6 cm³/mol. The molecule has 14 heavy (non-hydrogen) atoms. The van der Waals surface area contributed by atoms with Crippen LogP contribution in [0.25, 0.3) is 0 Å². The molecule has 1 unspecified atom stereocenters. The van der Waals surface area contributed by atoms with E-state index in [1.807, 2.05) is 0 Å². The highest BCUT2D eigenvalue weighted by molar-refractivity contribution is 5.85. The van der Waals surface area contributed by atoms with Crippen molar-refractivity contribution in [2.24, 2.45) is 11.1 Å². The molecule has 4 N–H and O–H groups in total. The maximum absolute atomic E-state index is 11.5. The van der Waals surface area contributed by atoms with Crippen LogP contribution < -0.4 is 11.1 Å². The molecule has 0 aromatic carbocycles. The molecule has 1 saturated carbocycles. The summed E-state index contributed by atoms with van der Waals surface area (Å²) in [5.74, 6) is -0.0462. The zero-order chi connectivity index (χ0) is 10.6. The molecule has 82 valence electrons. The van der Waals surface area contributed by atoms with Gasteiger partial charge < -0.3 is 20.9 Å². The fourth-order valence-electron chi connectivity index (χ4n) is 1.32. The molecule has 1 aliphatic rings. The van der Waals surface area contributed by atoms with Gasteiger partial charge in [-0.15, -0.1) is 0 Å². The van der Waals surface area contributed by atoms with Crippen LogP contribution in [-0.2, 0) is 9.53 Å². The Labute approximate surface area is 83.6 Å². The largest absolute Gasteiger partial charge is 0.389 e. The average Bonchev–Trinajstić information content (AvgIpc) is 2.95. The van der Waals surface area contributed by atoms with Crippen LogP contribution in [0.2, 0.25) is 0 Å². The zero-order valence-corrected chi connectivity index (χ0v) is 8.45. The first-order valence-corrected chi connectivity index (χ1v) is 4.80. The Balaban J connectivity index is 2.21. The molecule has 1 aliphatic carbocycles. The minimum Gasteiger partial charge on any atom is -0.389 e. The zero-order valence-electron chi connectivity index (χ0n) is 8.45. The number of methoxy groups -OCH3 is 1. The summed E-state index contributed by atoms with van der Waals surface area (Å²) in [6.07, 6.45) is 1.07. The van der Waals surface area contributed by atoms with E-state index in [1.165, 1.54) is 7.11 Å². The van der Waals surface area contributed by atoms with Gasteiger partial charge in [0.1, 0.15) is 0 Å². The number of nitrogens with one attached hydrogen (secondary N) is 1. The molecule has 0 aromatic heterocycles. The summed E-state index contributed by atoms with van der Waals surface area (Å²) in [4.78, 5) is 11.5. The Kier molecular flexibility index (Phi) is 3.86. The van der Waals surface area contributed by atoms with Gasteiger partial charge in [-0.1, -0.05) is 0 Å². The van der Waals surface area contributed by atoms with Gasteiger partial charge in [-0.25, -0.2) is 0 Å². The number of nitrogens with two attached hydrogens (primary N) is 1. The van der Waals surface area contributed by atoms with Gasteiger partial charge >= 0.3 is 0 Å². The third-order valence-corrected chi connectivity index (χ3v) is 2.58. The van der Waals surface area contributed by atoms with Crippen LogP contribution >= 0.6 is 0 Å². The number of aliphatic hydroxyl groups is 1. The highest BCUT2D eigenvalue weighted by Crippen LogP contribution is 2.44. The van der Waals surface area contributed by atoms with Crippen LogP contribution in [0, 0.1) is 5.41 Å². The Morgan fingerprint density at radius 2 is 2.36 bits per heavy atom. The van der Waals surface area contributed by atoms with E-state index in [0.29, 0.717) is 6.54 Å². The number of hydrogen-bond donors (Lipinski definition) is 3. The average molecular weight is 202 g/mol. The third kappa shape index (κ3) is 2.67. The van der Waals surface area contributed by atoms with Gasteiger partial charge in [0, 0.05) is 20.2 Å². The smallest absolute Gasteiger partial charge is 0.227 e. The van der Waals surface area contributed by atoms with Gasteiger partial charge in [-0.2, -0.15) is 0 Å². The maximum atomic E-state index is 11.5. The lowest BCUT2D eigenvalue weighted by atomic mass is 10.1. The molecule has 0 aromatic rings. The highest BCUT2D eigenvalue weighted by Gasteiger charge is 2.48. The Hall–Kier alpha value is -0.650. The van der Waals surface area contributed by atoms with Crippen molar-refractivity contribution in [3.05, 3.63) is 0 Å². The van der Waals surface area contributed by atoms with E-state index in [0.717, 1.165) is 12.8 Å². The molecule has 0 bridgehead atoms. The molecule has 0 radical (unpaired) electrons. The van der Waals surface area contributed by atoms with E-state index in [1.54, 1.807) is 0 Å². The van der Waals surface area contributed by atoms with E-state index in [9.17, 15) is 9.90 Å². The topological polar surface area (TPSA) is 84.6 Å². The molecule has 0 saturated heterocycles. The van der Waals surface area contributed by atoms with Crippen LogP contribution in [0.15, 0.2) is 0 Å². The molecule has 1 rings (SSSR count). The molecule has 5 nitrogen and oxygen atoms in total. The summed E-state index contributed by atoms with van der Waals surface area (Å²) < 4.78 is 4.74. The second-order valence-electron chi connectivity index (χ2n) is 3.80. The minimum absolute atomic E-state index is 0.0462. The number of ether oxygens (including phenoxy) is 1. The molecule has 0 spiro atoms. The molecule has 1 amide bonds. The molecule has 0 heterocycles. The third-order valence-electron chi connectivity index (χ3n) is 2.58. The van der Waals surface area contributed by atoms with Crippen molar-refractivity contribution in [3.8, 4) is 0 Å². The lowest BCUT2D eigenvalue weighted by Gasteiger charge is -2.15. The number of carbonyl (C=O) groups is 1. The fourth-order valence-corrected chi connectivity index (χ4v) is 1.32. The predicted octanol–water partition coefficient (Wildman–Crippen LogP) is -1.15. The van der Waals surface area contributed by atoms with Gasteiger partial charge in [-0.3, -0.25) is 4.79 Å². The number of rotatable bonds is 6. The normalized spacial score (nSPS) is 20.2. The number of carbonyl (C=O) groups excluding carboxylic acids is 1. The lowest BCUT2D eigenvalue weighted by molar-refractivity contribution is -0.126. The summed E-state index contributed by atoms with van der Waals surface area (Å²) in [6, 6.07) is 0. The van der Waals surface area contributed by atoms with E-state index < -0.39 is 6.10 Å². The lowest BCUT2D eigenvalue weighted by Crippen LogP contribution is -2.41. The van der Waals surface area contributed by atoms with Crippen LogP contribution in [0.1, 0.15) is 12.8 Å². The molecular formula is C9H18N2O3. The standard InChI is InChI=1S/C9H18N2O3/c1-14-5-7(12)4-11-8(13)9(6-10)2-3-9/h7,12H,2-6,10H2,1H3,(H,11,13). The Bertz CT molecular complexity index is 204. The summed E-state index contributed by atoms with van der Waals surface area (Å²) in [5.41, 5.74) is 5.15. The van der Waals surface area contributed by atoms with Crippen LogP contribution in [0.5, 0.6) is 0 Å². The fraction of sp³-hybridized carbons (Fsp3) is 0.889. The van der Waals surface area contributed by atoms with Crippen molar-refractivity contribution in [2.45, 2.75) is 18.9 Å². The Morgan fingerprint density at radius 1 is 1.71 bits per heavy atom. The summed E-state index contributed by atoms with van der Waals surface area (Å²) in [5, 5.41) is 12.0. The van der Waals surface area contributed by atoms with Crippen molar-refractivity contribution < 1.29 is 14.6 Å². The van der Waals surface area contributed by atoms with Crippen molar-refractivity contribution >= 4 is 5.91 Å². The maximum Gasteiger partial charge on any atom is 0.227 e. The van der Waals surface area contributed by atoms with E-state index >= 15 is 0 Å². The first kappa shape index (κ1) is 11.4. The molecule has 5 heteroatoms. The number of hydrogen-bond acceptors (Lipinski definition) is 4. The molecule has 1 fully saturated rings. The van der Waals surface area contributed by atoms with E-state index in [2.05, 4.69) is 5.32 Å². The van der Waals surface area contributed by atoms with Gasteiger partial charge in [0.15, 0.2) is 0 Å². The number of amides is 1. The molecule has 0 aliphatic heterocycles. The van der Waals surface area contributed by atoms with Crippen molar-refractivity contribution in [2.75, 3.05) is 26.8 Å². The number of aliphatic hydroxyl groups excluding tert-OH is 1. The van der Waals surface area contributed by atoms with Crippen LogP contribution in [-0.4, -0.2) is 43.9 Å². The van der Waals surface area contributed by atoms with Crippen LogP contribution in [0.3, 0.4) is 0 Å². The van der Waals surface area contributed by atoms with Crippen LogP contribution in [0.4, 0.5) is 0 Å². The van der Waals surface area contributed by atoms with Gasteiger partial charge in [0.05, 0.1) is 18.1 Å². The van der Waals surface area contributed by atoms with E-state index in [4.69, 9.17) is 10.5 Å². The first-order chi connectivity index (χ1) is 6.64. The van der Waals surface area contributed by atoms with Crippen molar-refractivity contribution in [1.29, 1.82) is 0 Å². The highest BCUT2D eigenvalue weighted by atomic mass is 16.5. The summed E-state index contributed by atoms with van der Waals surface area (Å²) in [6.45, 7) is 0.851. The van der Waals surface area contributed by atoms with Crippen molar-refractivity contribution in [1.82, 2.24) is 5.32 Å². The van der Waals surface area contributed by atoms with E-state index in [-0.39, 0.29) is 24.5 Å². The van der Waals surface area contributed by atoms with Gasteiger partial charge in [0.25, 0.3) is 0 Å². The Morgan fingerprint density at radius 3 is 2.79 bits per heavy atom. The van der Waals surface area contributed by atoms with Crippen molar-refractivity contribution in [3.63, 3.8) is 0 Å². The second kappa shape index (κ2) is 4.72. The van der Waals surface area contributed by atoms with Gasteiger partial charge in [0.2, 0.25) is 5.91 Å². The first-order valence-electron chi connectivity index (χ1n) is 4.80. The monoisotopic (exact) mass is 202 g/mol. The molecular weight excluding hydrogens is 184 g/mol. The quantitative estimate of drug-likeness (QED) is 0.507. The van der Waals surface area contributed by atoms with Gasteiger partial charge in [-0.05, 0) is 12.8 Å². The second-order valence-corrected chi connectivity index (χ2v) is 3.80. The minimum atomic E-state index is -0.641. The summed E-state index contributed by atoms with van der Waals surface area (Å²) >= 11 is 0. The summed E-state index contributed by atoms with van der Waals surface area (Å²) in [7, 11) is 1.51. The molecule has 1 atom stereocenters. The SMILES string of the molecule is COCC(O)CNC(=O)C1(CN)CC1.